The van der Waals surface area contributed by atoms with E-state index >= 15 is 0 Å². The molecule has 0 spiro atoms. The average molecular weight is 270 g/mol. The normalized spacial score (nSPS) is 26.6. The largest absolute Gasteiger partial charge is 0.379 e. The molecule has 0 aromatic carbocycles. The molecule has 2 saturated heterocycles. The van der Waals surface area contributed by atoms with Gasteiger partial charge in [0, 0.05) is 32.2 Å². The van der Waals surface area contributed by atoms with E-state index in [9.17, 15) is 9.59 Å². The first-order valence-electron chi connectivity index (χ1n) is 6.75. The Balaban J connectivity index is 1.70. The van der Waals surface area contributed by atoms with Crippen LogP contribution in [0.4, 0.5) is 0 Å². The van der Waals surface area contributed by atoms with Gasteiger partial charge in [0.2, 0.25) is 11.8 Å². The number of morpholine rings is 1. The van der Waals surface area contributed by atoms with E-state index < -0.39 is 0 Å². The molecule has 7 nitrogen and oxygen atoms in total. The molecule has 7 heteroatoms. The highest BCUT2D eigenvalue weighted by Gasteiger charge is 2.25. The van der Waals surface area contributed by atoms with Crippen LogP contribution >= 0.6 is 0 Å². The standard InChI is InChI=1S/C12H22N4O3/c1-9(8-16-2-4-19-5-3-16)15-12(18)10-6-14-11(17)7-13-10/h9-10,13H,2-8H2,1H3,(H,14,17)(H,15,18). The highest BCUT2D eigenvalue weighted by atomic mass is 16.5. The van der Waals surface area contributed by atoms with Crippen molar-refractivity contribution >= 4 is 11.8 Å². The third kappa shape index (κ3) is 4.45. The summed E-state index contributed by atoms with van der Waals surface area (Å²) in [6.07, 6.45) is 0. The van der Waals surface area contributed by atoms with Crippen LogP contribution in [0.15, 0.2) is 0 Å². The zero-order valence-corrected chi connectivity index (χ0v) is 11.3. The number of nitrogens with one attached hydrogen (secondary N) is 3. The Kier molecular flexibility index (Phi) is 5.12. The number of amides is 2. The number of piperazine rings is 1. The van der Waals surface area contributed by atoms with E-state index in [0.717, 1.165) is 32.8 Å². The van der Waals surface area contributed by atoms with Crippen LogP contribution in [0.3, 0.4) is 0 Å². The van der Waals surface area contributed by atoms with Crippen LogP contribution in [-0.2, 0) is 14.3 Å². The van der Waals surface area contributed by atoms with Crippen molar-refractivity contribution in [1.82, 2.24) is 20.9 Å². The highest BCUT2D eigenvalue weighted by molar-refractivity contribution is 5.86. The number of ether oxygens (including phenoxy) is 1. The van der Waals surface area contributed by atoms with Gasteiger partial charge in [-0.3, -0.25) is 19.8 Å². The van der Waals surface area contributed by atoms with Gasteiger partial charge >= 0.3 is 0 Å². The lowest BCUT2D eigenvalue weighted by Gasteiger charge is -2.30. The minimum Gasteiger partial charge on any atom is -0.379 e. The molecule has 3 N–H and O–H groups in total. The van der Waals surface area contributed by atoms with Gasteiger partial charge in [0.15, 0.2) is 0 Å². The summed E-state index contributed by atoms with van der Waals surface area (Å²) in [4.78, 5) is 25.3. The van der Waals surface area contributed by atoms with Crippen LogP contribution in [0.25, 0.3) is 0 Å². The Morgan fingerprint density at radius 2 is 2.26 bits per heavy atom. The average Bonchev–Trinajstić information content (AvgIpc) is 2.40. The lowest BCUT2D eigenvalue weighted by Crippen LogP contribution is -2.59. The molecule has 108 valence electrons. The predicted molar refractivity (Wildman–Crippen MR) is 69.7 cm³/mol. The molecule has 19 heavy (non-hydrogen) atoms. The van der Waals surface area contributed by atoms with Crippen LogP contribution in [0.1, 0.15) is 6.92 Å². The maximum absolute atomic E-state index is 12.0. The third-order valence-electron chi connectivity index (χ3n) is 3.35. The quantitative estimate of drug-likeness (QED) is 0.546. The summed E-state index contributed by atoms with van der Waals surface area (Å²) < 4.78 is 5.29. The van der Waals surface area contributed by atoms with Gasteiger partial charge in [-0.05, 0) is 6.92 Å². The maximum atomic E-state index is 12.0. The van der Waals surface area contributed by atoms with Gasteiger partial charge < -0.3 is 15.4 Å². The zero-order valence-electron chi connectivity index (χ0n) is 11.3. The fourth-order valence-corrected chi connectivity index (χ4v) is 2.31. The second kappa shape index (κ2) is 6.83. The molecule has 0 radical (unpaired) electrons. The molecule has 0 bridgehead atoms. The van der Waals surface area contributed by atoms with E-state index in [1.807, 2.05) is 6.92 Å². The molecule has 2 aliphatic rings. The van der Waals surface area contributed by atoms with Crippen molar-refractivity contribution in [2.24, 2.45) is 0 Å². The molecule has 0 aromatic heterocycles. The van der Waals surface area contributed by atoms with Crippen LogP contribution in [0, 0.1) is 0 Å². The molecule has 0 aromatic rings. The van der Waals surface area contributed by atoms with Crippen LogP contribution < -0.4 is 16.0 Å². The Hall–Kier alpha value is -1.18. The highest BCUT2D eigenvalue weighted by Crippen LogP contribution is 1.99. The van der Waals surface area contributed by atoms with Crippen LogP contribution in [-0.4, -0.2) is 74.7 Å². The molecule has 2 rings (SSSR count). The summed E-state index contributed by atoms with van der Waals surface area (Å²) in [6.45, 7) is 6.73. The monoisotopic (exact) mass is 270 g/mol. The van der Waals surface area contributed by atoms with E-state index in [1.54, 1.807) is 0 Å². The molecule has 0 aliphatic carbocycles. The number of nitrogens with zero attached hydrogens (tertiary/aromatic N) is 1. The van der Waals surface area contributed by atoms with Gasteiger partial charge in [-0.15, -0.1) is 0 Å². The van der Waals surface area contributed by atoms with Crippen molar-refractivity contribution in [3.63, 3.8) is 0 Å². The minimum atomic E-state index is -0.329. The van der Waals surface area contributed by atoms with Crippen LogP contribution in [0.5, 0.6) is 0 Å². The molecular weight excluding hydrogens is 248 g/mol. The molecule has 2 fully saturated rings. The van der Waals surface area contributed by atoms with E-state index in [2.05, 4.69) is 20.9 Å². The number of carbonyl (C=O) groups is 2. The summed E-state index contributed by atoms with van der Waals surface area (Å²) in [7, 11) is 0. The molecule has 2 amide bonds. The Labute approximate surface area is 113 Å². The first kappa shape index (κ1) is 14.2. The summed E-state index contributed by atoms with van der Waals surface area (Å²) in [5, 5.41) is 8.57. The summed E-state index contributed by atoms with van der Waals surface area (Å²) in [5.41, 5.74) is 0. The Morgan fingerprint density at radius 3 is 2.89 bits per heavy atom. The van der Waals surface area contributed by atoms with Crippen molar-refractivity contribution in [2.75, 3.05) is 45.9 Å². The SMILES string of the molecule is CC(CN1CCOCC1)NC(=O)C1CNC(=O)CN1. The van der Waals surface area contributed by atoms with E-state index in [4.69, 9.17) is 4.74 Å². The van der Waals surface area contributed by atoms with Crippen molar-refractivity contribution in [2.45, 2.75) is 19.0 Å². The van der Waals surface area contributed by atoms with Crippen molar-refractivity contribution in [1.29, 1.82) is 0 Å². The summed E-state index contributed by atoms with van der Waals surface area (Å²) >= 11 is 0. The molecule has 2 unspecified atom stereocenters. The number of carbonyl (C=O) groups excluding carboxylic acids is 2. The first-order chi connectivity index (χ1) is 9.15. The first-order valence-corrected chi connectivity index (χ1v) is 6.75. The van der Waals surface area contributed by atoms with E-state index in [1.165, 1.54) is 0 Å². The lowest BCUT2D eigenvalue weighted by molar-refractivity contribution is -0.127. The Morgan fingerprint density at radius 1 is 1.53 bits per heavy atom. The van der Waals surface area contributed by atoms with Gasteiger partial charge in [0.25, 0.3) is 0 Å². The fraction of sp³-hybridized carbons (Fsp3) is 0.833. The van der Waals surface area contributed by atoms with E-state index in [0.29, 0.717) is 6.54 Å². The smallest absolute Gasteiger partial charge is 0.239 e. The third-order valence-corrected chi connectivity index (χ3v) is 3.35. The van der Waals surface area contributed by atoms with Gasteiger partial charge in [-0.1, -0.05) is 0 Å². The zero-order chi connectivity index (χ0) is 13.7. The number of hydrogen-bond donors (Lipinski definition) is 3. The molecular formula is C12H22N4O3. The minimum absolute atomic E-state index is 0.0549. The topological polar surface area (TPSA) is 82.7 Å². The summed E-state index contributed by atoms with van der Waals surface area (Å²) in [5.74, 6) is -0.119. The maximum Gasteiger partial charge on any atom is 0.239 e. The summed E-state index contributed by atoms with van der Waals surface area (Å²) in [6, 6.07) is -0.241. The molecule has 2 heterocycles. The van der Waals surface area contributed by atoms with Gasteiger partial charge in [-0.2, -0.15) is 0 Å². The molecule has 2 atom stereocenters. The lowest BCUT2D eigenvalue weighted by atomic mass is 10.2. The van der Waals surface area contributed by atoms with Crippen molar-refractivity contribution in [3.8, 4) is 0 Å². The number of rotatable bonds is 4. The second-order valence-electron chi connectivity index (χ2n) is 5.06. The predicted octanol–water partition coefficient (Wildman–Crippen LogP) is -2.09. The second-order valence-corrected chi connectivity index (χ2v) is 5.06. The van der Waals surface area contributed by atoms with Gasteiger partial charge in [0.1, 0.15) is 6.04 Å². The van der Waals surface area contributed by atoms with Gasteiger partial charge in [-0.25, -0.2) is 0 Å². The molecule has 2 aliphatic heterocycles. The Bertz CT molecular complexity index is 321. The van der Waals surface area contributed by atoms with Crippen molar-refractivity contribution < 1.29 is 14.3 Å². The van der Waals surface area contributed by atoms with Gasteiger partial charge in [0.05, 0.1) is 19.8 Å². The molecule has 0 saturated carbocycles. The van der Waals surface area contributed by atoms with Crippen LogP contribution in [0.2, 0.25) is 0 Å². The van der Waals surface area contributed by atoms with Crippen molar-refractivity contribution in [3.05, 3.63) is 0 Å². The number of hydrogen-bond acceptors (Lipinski definition) is 5. The van der Waals surface area contributed by atoms with E-state index in [-0.39, 0.29) is 30.4 Å². The fourth-order valence-electron chi connectivity index (χ4n) is 2.31.